The van der Waals surface area contributed by atoms with E-state index in [0.29, 0.717) is 17.7 Å². The highest BCUT2D eigenvalue weighted by atomic mass is 16.5. The van der Waals surface area contributed by atoms with Crippen molar-refractivity contribution in [3.8, 4) is 17.9 Å². The summed E-state index contributed by atoms with van der Waals surface area (Å²) in [6, 6.07) is 11.8. The van der Waals surface area contributed by atoms with Crippen LogP contribution < -0.4 is 4.74 Å². The maximum atomic E-state index is 9.48. The van der Waals surface area contributed by atoms with Crippen molar-refractivity contribution in [2.75, 3.05) is 7.11 Å². The van der Waals surface area contributed by atoms with Gasteiger partial charge in [-0.1, -0.05) is 0 Å². The molecule has 0 unspecified atom stereocenters. The summed E-state index contributed by atoms with van der Waals surface area (Å²) in [5.74, 6) is 0.725. The van der Waals surface area contributed by atoms with Gasteiger partial charge in [0.25, 0.3) is 0 Å². The first-order valence-electron chi connectivity index (χ1n) is 8.09. The number of nitriles is 2. The number of aromatic nitrogens is 3. The lowest BCUT2D eigenvalue weighted by Crippen LogP contribution is -2.04. The summed E-state index contributed by atoms with van der Waals surface area (Å²) in [6.45, 7) is 2.45. The monoisotopic (exact) mass is 341 g/mol. The molecule has 4 rings (SSSR count). The number of benzene rings is 2. The first kappa shape index (κ1) is 15.7. The zero-order valence-corrected chi connectivity index (χ0v) is 14.4. The van der Waals surface area contributed by atoms with Crippen molar-refractivity contribution in [1.82, 2.24) is 14.8 Å². The van der Waals surface area contributed by atoms with Crippen molar-refractivity contribution in [2.24, 2.45) is 0 Å². The third-order valence-corrected chi connectivity index (χ3v) is 4.57. The predicted octanol–water partition coefficient (Wildman–Crippen LogP) is 3.63. The molecular weight excluding hydrogens is 326 g/mol. The lowest BCUT2D eigenvalue weighted by Gasteiger charge is -2.12. The van der Waals surface area contributed by atoms with E-state index in [4.69, 9.17) is 10.00 Å². The van der Waals surface area contributed by atoms with Crippen LogP contribution in [0.1, 0.15) is 22.3 Å². The minimum Gasteiger partial charge on any atom is -0.496 e. The van der Waals surface area contributed by atoms with E-state index in [1.54, 1.807) is 25.4 Å². The van der Waals surface area contributed by atoms with Crippen molar-refractivity contribution in [3.63, 3.8) is 0 Å². The normalized spacial score (nSPS) is 10.8. The van der Waals surface area contributed by atoms with E-state index in [1.165, 1.54) is 0 Å². The van der Waals surface area contributed by atoms with E-state index in [-0.39, 0.29) is 0 Å². The second-order valence-electron chi connectivity index (χ2n) is 6.15. The summed E-state index contributed by atoms with van der Waals surface area (Å²) in [5.41, 5.74) is 4.78. The molecule has 0 saturated carbocycles. The number of hydrogen-bond acceptors (Lipinski definition) is 4. The molecule has 0 fully saturated rings. The quantitative estimate of drug-likeness (QED) is 0.616. The van der Waals surface area contributed by atoms with Crippen LogP contribution in [0.15, 0.2) is 36.7 Å². The van der Waals surface area contributed by atoms with Crippen molar-refractivity contribution in [1.29, 1.82) is 10.5 Å². The molecule has 0 atom stereocenters. The average Bonchev–Trinajstić information content (AvgIpc) is 3.26. The summed E-state index contributed by atoms with van der Waals surface area (Å²) in [6.07, 6.45) is 3.65. The molecule has 6 heteroatoms. The molecule has 4 aromatic rings. The Labute approximate surface area is 149 Å². The third-order valence-electron chi connectivity index (χ3n) is 4.57. The molecule has 0 spiro atoms. The smallest absolute Gasteiger partial charge is 0.124 e. The molecule has 0 aliphatic heterocycles. The number of nitrogens with zero attached hydrogens (tertiary/aromatic N) is 4. The van der Waals surface area contributed by atoms with Gasteiger partial charge in [0, 0.05) is 28.7 Å². The molecule has 0 bridgehead atoms. The number of hydrogen-bond donors (Lipinski definition) is 1. The number of H-pyrrole nitrogens is 1. The number of methoxy groups -OCH3 is 1. The van der Waals surface area contributed by atoms with Crippen LogP contribution in [0, 0.1) is 29.6 Å². The van der Waals surface area contributed by atoms with Gasteiger partial charge in [0.05, 0.1) is 41.9 Å². The van der Waals surface area contributed by atoms with Gasteiger partial charge in [0.1, 0.15) is 11.8 Å². The molecule has 26 heavy (non-hydrogen) atoms. The van der Waals surface area contributed by atoms with Crippen LogP contribution in [0.2, 0.25) is 0 Å². The fourth-order valence-electron chi connectivity index (χ4n) is 3.33. The largest absolute Gasteiger partial charge is 0.496 e. The Morgan fingerprint density at radius 1 is 1.23 bits per heavy atom. The maximum absolute atomic E-state index is 9.48. The molecule has 2 heterocycles. The maximum Gasteiger partial charge on any atom is 0.124 e. The lowest BCUT2D eigenvalue weighted by molar-refractivity contribution is 0.408. The van der Waals surface area contributed by atoms with Gasteiger partial charge in [0.2, 0.25) is 0 Å². The fourth-order valence-corrected chi connectivity index (χ4v) is 3.33. The number of aryl methyl sites for hydroxylation is 1. The Morgan fingerprint density at radius 3 is 2.81 bits per heavy atom. The predicted molar refractivity (Wildman–Crippen MR) is 97.9 cm³/mol. The molecule has 0 aliphatic carbocycles. The summed E-state index contributed by atoms with van der Waals surface area (Å²) >= 11 is 0. The highest BCUT2D eigenvalue weighted by Gasteiger charge is 2.17. The van der Waals surface area contributed by atoms with Gasteiger partial charge in [-0.05, 0) is 36.8 Å². The van der Waals surface area contributed by atoms with Gasteiger partial charge < -0.3 is 9.72 Å². The third kappa shape index (κ3) is 2.37. The summed E-state index contributed by atoms with van der Waals surface area (Å²) in [7, 11) is 1.63. The van der Waals surface area contributed by atoms with Crippen LogP contribution in [0.3, 0.4) is 0 Å². The zero-order valence-electron chi connectivity index (χ0n) is 14.4. The number of nitrogens with one attached hydrogen (secondary N) is 1. The molecule has 2 aromatic carbocycles. The van der Waals surface area contributed by atoms with Gasteiger partial charge in [0.15, 0.2) is 0 Å². The summed E-state index contributed by atoms with van der Waals surface area (Å²) in [5, 5.41) is 24.9. The van der Waals surface area contributed by atoms with Gasteiger partial charge in [-0.25, -0.2) is 0 Å². The Morgan fingerprint density at radius 2 is 2.08 bits per heavy atom. The van der Waals surface area contributed by atoms with Gasteiger partial charge >= 0.3 is 0 Å². The minimum atomic E-state index is 0.461. The van der Waals surface area contributed by atoms with Crippen molar-refractivity contribution < 1.29 is 4.74 Å². The molecule has 2 aromatic heterocycles. The van der Waals surface area contributed by atoms with Crippen LogP contribution in [0.4, 0.5) is 0 Å². The molecule has 126 valence electrons. The minimum absolute atomic E-state index is 0.461. The lowest BCUT2D eigenvalue weighted by atomic mass is 10.0. The second-order valence-corrected chi connectivity index (χ2v) is 6.15. The topological polar surface area (TPSA) is 90.4 Å². The first-order chi connectivity index (χ1) is 12.6. The van der Waals surface area contributed by atoms with E-state index < -0.39 is 0 Å². The molecule has 6 nitrogen and oxygen atoms in total. The number of rotatable bonds is 3. The second kappa shape index (κ2) is 5.94. The van der Waals surface area contributed by atoms with Crippen molar-refractivity contribution >= 4 is 21.8 Å². The number of ether oxygens (including phenoxy) is 1. The average molecular weight is 341 g/mol. The summed E-state index contributed by atoms with van der Waals surface area (Å²) in [4.78, 5) is 3.18. The van der Waals surface area contributed by atoms with Crippen molar-refractivity contribution in [3.05, 3.63) is 58.9 Å². The first-order valence-corrected chi connectivity index (χ1v) is 8.09. The molecule has 0 saturated heterocycles. The van der Waals surface area contributed by atoms with E-state index in [1.807, 2.05) is 29.9 Å². The van der Waals surface area contributed by atoms with E-state index in [9.17, 15) is 5.26 Å². The van der Waals surface area contributed by atoms with Crippen LogP contribution in [-0.4, -0.2) is 21.9 Å². The number of fused-ring (bicyclic) bond motifs is 2. The van der Waals surface area contributed by atoms with Crippen LogP contribution in [-0.2, 0) is 6.54 Å². The van der Waals surface area contributed by atoms with Gasteiger partial charge in [-0.15, -0.1) is 0 Å². The Balaban J connectivity index is 1.89. The highest BCUT2D eigenvalue weighted by Crippen LogP contribution is 2.33. The molecule has 0 amide bonds. The van der Waals surface area contributed by atoms with Crippen LogP contribution in [0.25, 0.3) is 21.8 Å². The molecular formula is C20H15N5O. The Hall–Kier alpha value is -3.77. The summed E-state index contributed by atoms with van der Waals surface area (Å²) < 4.78 is 7.39. The zero-order chi connectivity index (χ0) is 18.3. The SMILES string of the molecule is COc1cc(C)c2[nH]cc(C#N)c2c1Cn1cc2ccc(C#N)cc2n1. The van der Waals surface area contributed by atoms with Gasteiger partial charge in [-0.2, -0.15) is 15.6 Å². The van der Waals surface area contributed by atoms with E-state index in [0.717, 1.165) is 38.7 Å². The Bertz CT molecular complexity index is 1230. The van der Waals surface area contributed by atoms with Crippen LogP contribution in [0.5, 0.6) is 5.75 Å². The van der Waals surface area contributed by atoms with E-state index >= 15 is 0 Å². The fraction of sp³-hybridized carbons (Fsp3) is 0.150. The molecule has 1 N–H and O–H groups in total. The molecule has 0 radical (unpaired) electrons. The van der Waals surface area contributed by atoms with Gasteiger partial charge in [-0.3, -0.25) is 4.68 Å². The van der Waals surface area contributed by atoms with Crippen molar-refractivity contribution in [2.45, 2.75) is 13.5 Å². The molecule has 0 aliphatic rings. The van der Waals surface area contributed by atoms with E-state index in [2.05, 4.69) is 22.2 Å². The number of aromatic amines is 1. The highest BCUT2D eigenvalue weighted by molar-refractivity contribution is 5.93. The van der Waals surface area contributed by atoms with Crippen LogP contribution >= 0.6 is 0 Å². The Kier molecular flexibility index (Phi) is 3.60. The standard InChI is InChI=1S/C20H15N5O/c1-12-5-18(26-2)16(19-15(8-22)9-23-20(12)19)11-25-10-14-4-3-13(7-21)6-17(14)24-25/h3-6,9-10,23H,11H2,1-2H3.